The van der Waals surface area contributed by atoms with Crippen LogP contribution in [0.15, 0.2) is 0 Å². The zero-order valence-corrected chi connectivity index (χ0v) is 10.1. The van der Waals surface area contributed by atoms with Crippen molar-refractivity contribution in [1.29, 1.82) is 0 Å². The lowest BCUT2D eigenvalue weighted by molar-refractivity contribution is 0.0954. The van der Waals surface area contributed by atoms with Crippen molar-refractivity contribution in [3.05, 3.63) is 15.6 Å². The number of aryl methyl sites for hydroxylation is 2. The molecule has 0 radical (unpaired) electrons. The Morgan fingerprint density at radius 1 is 1.60 bits per heavy atom. The molecule has 1 atom stereocenters. The number of rotatable bonds is 4. The summed E-state index contributed by atoms with van der Waals surface area (Å²) in [5.74, 6) is -0.0676. The highest BCUT2D eigenvalue weighted by Crippen LogP contribution is 2.16. The van der Waals surface area contributed by atoms with E-state index in [1.807, 2.05) is 20.8 Å². The average Bonchev–Trinajstić information content (AvgIpc) is 2.53. The predicted molar refractivity (Wildman–Crippen MR) is 62.2 cm³/mol. The van der Waals surface area contributed by atoms with E-state index in [0.717, 1.165) is 17.1 Å². The van der Waals surface area contributed by atoms with Gasteiger partial charge in [0.15, 0.2) is 0 Å². The lowest BCUT2D eigenvalue weighted by Gasteiger charge is -2.09. The molecule has 1 unspecified atom stereocenters. The molecule has 84 valence electrons. The fraction of sp³-hybridized carbons (Fsp3) is 0.600. The molecular formula is C10H17N3OS. The highest BCUT2D eigenvalue weighted by atomic mass is 32.1. The standard InChI is InChI=1S/C10H17N3OS/c1-4-8(11)5-12-10(14)9-6(2)13-7(3)15-9/h8H,4-5,11H2,1-3H3,(H,12,14). The van der Waals surface area contributed by atoms with Crippen molar-refractivity contribution in [2.75, 3.05) is 6.54 Å². The number of amides is 1. The zero-order valence-electron chi connectivity index (χ0n) is 9.33. The first-order chi connectivity index (χ1) is 7.04. The van der Waals surface area contributed by atoms with Gasteiger partial charge < -0.3 is 11.1 Å². The Kier molecular flexibility index (Phi) is 4.23. The van der Waals surface area contributed by atoms with Crippen molar-refractivity contribution < 1.29 is 4.79 Å². The van der Waals surface area contributed by atoms with Crippen molar-refractivity contribution >= 4 is 17.2 Å². The molecule has 1 aromatic heterocycles. The van der Waals surface area contributed by atoms with Gasteiger partial charge in [-0.2, -0.15) is 0 Å². The molecule has 1 amide bonds. The van der Waals surface area contributed by atoms with E-state index in [0.29, 0.717) is 11.4 Å². The van der Waals surface area contributed by atoms with Crippen LogP contribution in [0.5, 0.6) is 0 Å². The molecule has 0 aromatic carbocycles. The summed E-state index contributed by atoms with van der Waals surface area (Å²) in [6.07, 6.45) is 0.862. The van der Waals surface area contributed by atoms with E-state index in [1.165, 1.54) is 11.3 Å². The molecule has 0 aliphatic carbocycles. The minimum atomic E-state index is -0.0676. The van der Waals surface area contributed by atoms with E-state index >= 15 is 0 Å². The maximum Gasteiger partial charge on any atom is 0.263 e. The summed E-state index contributed by atoms with van der Waals surface area (Å²) < 4.78 is 0. The second-order valence-corrected chi connectivity index (χ2v) is 4.73. The number of carbonyl (C=O) groups excluding carboxylic acids is 1. The molecule has 0 aliphatic rings. The molecule has 0 saturated carbocycles. The first-order valence-electron chi connectivity index (χ1n) is 5.02. The van der Waals surface area contributed by atoms with Crippen LogP contribution in [-0.4, -0.2) is 23.5 Å². The topological polar surface area (TPSA) is 68.0 Å². The highest BCUT2D eigenvalue weighted by Gasteiger charge is 2.13. The van der Waals surface area contributed by atoms with Crippen LogP contribution in [-0.2, 0) is 0 Å². The Bertz CT molecular complexity index is 348. The Morgan fingerprint density at radius 2 is 2.27 bits per heavy atom. The number of hydrogen-bond donors (Lipinski definition) is 2. The van der Waals surface area contributed by atoms with Crippen LogP contribution in [0.1, 0.15) is 33.7 Å². The second kappa shape index (κ2) is 5.23. The molecular weight excluding hydrogens is 210 g/mol. The Labute approximate surface area is 93.9 Å². The first-order valence-corrected chi connectivity index (χ1v) is 5.84. The molecule has 1 rings (SSSR count). The Morgan fingerprint density at radius 3 is 2.73 bits per heavy atom. The fourth-order valence-electron chi connectivity index (χ4n) is 1.19. The predicted octanol–water partition coefficient (Wildman–Crippen LogP) is 1.23. The van der Waals surface area contributed by atoms with Gasteiger partial charge in [-0.25, -0.2) is 4.98 Å². The molecule has 0 saturated heterocycles. The van der Waals surface area contributed by atoms with Crippen molar-refractivity contribution in [2.24, 2.45) is 5.73 Å². The number of nitrogens with one attached hydrogen (secondary N) is 1. The van der Waals surface area contributed by atoms with Crippen LogP contribution in [0, 0.1) is 13.8 Å². The van der Waals surface area contributed by atoms with E-state index in [4.69, 9.17) is 5.73 Å². The molecule has 1 heterocycles. The molecule has 0 fully saturated rings. The summed E-state index contributed by atoms with van der Waals surface area (Å²) in [6.45, 7) is 6.26. The molecule has 4 nitrogen and oxygen atoms in total. The summed E-state index contributed by atoms with van der Waals surface area (Å²) >= 11 is 1.42. The normalized spacial score (nSPS) is 12.5. The minimum absolute atomic E-state index is 0.0308. The van der Waals surface area contributed by atoms with Gasteiger partial charge in [0.1, 0.15) is 4.88 Å². The van der Waals surface area contributed by atoms with Crippen LogP contribution in [0.25, 0.3) is 0 Å². The third-order valence-electron chi connectivity index (χ3n) is 2.16. The molecule has 0 spiro atoms. The quantitative estimate of drug-likeness (QED) is 0.813. The number of nitrogens with zero attached hydrogens (tertiary/aromatic N) is 1. The van der Waals surface area contributed by atoms with E-state index < -0.39 is 0 Å². The van der Waals surface area contributed by atoms with Crippen molar-refractivity contribution in [3.63, 3.8) is 0 Å². The summed E-state index contributed by atoms with van der Waals surface area (Å²) in [7, 11) is 0. The highest BCUT2D eigenvalue weighted by molar-refractivity contribution is 7.13. The van der Waals surface area contributed by atoms with Gasteiger partial charge >= 0.3 is 0 Å². The molecule has 5 heteroatoms. The van der Waals surface area contributed by atoms with Crippen LogP contribution < -0.4 is 11.1 Å². The van der Waals surface area contributed by atoms with Gasteiger partial charge in [-0.05, 0) is 20.3 Å². The minimum Gasteiger partial charge on any atom is -0.350 e. The summed E-state index contributed by atoms with van der Waals surface area (Å²) in [5, 5.41) is 3.72. The van der Waals surface area contributed by atoms with Gasteiger partial charge in [0.05, 0.1) is 10.7 Å². The largest absolute Gasteiger partial charge is 0.350 e. The number of thiazole rings is 1. The van der Waals surface area contributed by atoms with E-state index in [9.17, 15) is 4.79 Å². The van der Waals surface area contributed by atoms with Crippen molar-refractivity contribution in [1.82, 2.24) is 10.3 Å². The molecule has 0 bridgehead atoms. The molecule has 0 aliphatic heterocycles. The fourth-order valence-corrected chi connectivity index (χ4v) is 2.03. The van der Waals surface area contributed by atoms with Gasteiger partial charge in [0.2, 0.25) is 0 Å². The average molecular weight is 227 g/mol. The number of hydrogen-bond acceptors (Lipinski definition) is 4. The molecule has 15 heavy (non-hydrogen) atoms. The van der Waals surface area contributed by atoms with Gasteiger partial charge in [0, 0.05) is 12.6 Å². The third-order valence-corrected chi connectivity index (χ3v) is 3.23. The second-order valence-electron chi connectivity index (χ2n) is 3.53. The Balaban J connectivity index is 2.58. The SMILES string of the molecule is CCC(N)CNC(=O)c1sc(C)nc1C. The maximum absolute atomic E-state index is 11.7. The monoisotopic (exact) mass is 227 g/mol. The molecule has 3 N–H and O–H groups in total. The maximum atomic E-state index is 11.7. The first kappa shape index (κ1) is 12.1. The van der Waals surface area contributed by atoms with Gasteiger partial charge in [-0.15, -0.1) is 11.3 Å². The number of aromatic nitrogens is 1. The summed E-state index contributed by atoms with van der Waals surface area (Å²) in [4.78, 5) is 16.6. The van der Waals surface area contributed by atoms with Crippen LogP contribution >= 0.6 is 11.3 Å². The smallest absolute Gasteiger partial charge is 0.263 e. The van der Waals surface area contributed by atoms with Gasteiger partial charge in [-0.3, -0.25) is 4.79 Å². The Hall–Kier alpha value is -0.940. The third kappa shape index (κ3) is 3.28. The van der Waals surface area contributed by atoms with Crippen LogP contribution in [0.2, 0.25) is 0 Å². The van der Waals surface area contributed by atoms with Crippen molar-refractivity contribution in [3.8, 4) is 0 Å². The molecule has 1 aromatic rings. The van der Waals surface area contributed by atoms with Gasteiger partial charge in [-0.1, -0.05) is 6.92 Å². The summed E-state index contributed by atoms with van der Waals surface area (Å²) in [6, 6.07) is 0.0308. The van der Waals surface area contributed by atoms with Crippen molar-refractivity contribution in [2.45, 2.75) is 33.2 Å². The number of nitrogens with two attached hydrogens (primary N) is 1. The van der Waals surface area contributed by atoms with Crippen LogP contribution in [0.3, 0.4) is 0 Å². The van der Waals surface area contributed by atoms with Crippen LogP contribution in [0.4, 0.5) is 0 Å². The van der Waals surface area contributed by atoms with E-state index in [1.54, 1.807) is 0 Å². The number of carbonyl (C=O) groups is 1. The lowest BCUT2D eigenvalue weighted by atomic mass is 10.2. The zero-order chi connectivity index (χ0) is 11.4. The lowest BCUT2D eigenvalue weighted by Crippen LogP contribution is -2.36. The van der Waals surface area contributed by atoms with E-state index in [2.05, 4.69) is 10.3 Å². The van der Waals surface area contributed by atoms with Gasteiger partial charge in [0.25, 0.3) is 5.91 Å². The summed E-state index contributed by atoms with van der Waals surface area (Å²) in [5.41, 5.74) is 6.51. The van der Waals surface area contributed by atoms with E-state index in [-0.39, 0.29) is 11.9 Å².